The SMILES string of the molecule is CC1OC(=O)N(c2cccc(C#N)c2)C1C(=O)O. The number of ether oxygens (including phenoxy) is 1. The maximum atomic E-state index is 11.7. The van der Waals surface area contributed by atoms with Crippen LogP contribution in [0.2, 0.25) is 0 Å². The highest BCUT2D eigenvalue weighted by atomic mass is 16.6. The van der Waals surface area contributed by atoms with Crippen LogP contribution < -0.4 is 4.90 Å². The van der Waals surface area contributed by atoms with E-state index in [0.29, 0.717) is 11.3 Å². The van der Waals surface area contributed by atoms with Crippen molar-refractivity contribution < 1.29 is 19.4 Å². The summed E-state index contributed by atoms with van der Waals surface area (Å²) >= 11 is 0. The normalized spacial score (nSPS) is 22.4. The Morgan fingerprint density at radius 3 is 2.89 bits per heavy atom. The lowest BCUT2D eigenvalue weighted by Gasteiger charge is -2.19. The van der Waals surface area contributed by atoms with Gasteiger partial charge in [0.15, 0.2) is 6.04 Å². The summed E-state index contributed by atoms with van der Waals surface area (Å²) < 4.78 is 4.90. The predicted molar refractivity (Wildman–Crippen MR) is 61.0 cm³/mol. The van der Waals surface area contributed by atoms with Gasteiger partial charge in [-0.3, -0.25) is 4.90 Å². The van der Waals surface area contributed by atoms with Crippen LogP contribution in [0.25, 0.3) is 0 Å². The molecule has 1 aromatic rings. The number of hydrogen-bond donors (Lipinski definition) is 1. The van der Waals surface area contributed by atoms with Crippen molar-refractivity contribution in [2.45, 2.75) is 19.1 Å². The summed E-state index contributed by atoms with van der Waals surface area (Å²) in [7, 11) is 0. The van der Waals surface area contributed by atoms with E-state index in [1.165, 1.54) is 13.0 Å². The van der Waals surface area contributed by atoms with E-state index in [0.717, 1.165) is 4.90 Å². The second kappa shape index (κ2) is 4.37. The van der Waals surface area contributed by atoms with Crippen LogP contribution >= 0.6 is 0 Å². The smallest absolute Gasteiger partial charge is 0.415 e. The molecule has 18 heavy (non-hydrogen) atoms. The number of carbonyl (C=O) groups is 2. The molecule has 2 unspecified atom stereocenters. The molecule has 6 nitrogen and oxygen atoms in total. The summed E-state index contributed by atoms with van der Waals surface area (Å²) in [6.07, 6.45) is -1.45. The van der Waals surface area contributed by atoms with E-state index in [9.17, 15) is 9.59 Å². The molecule has 1 aromatic carbocycles. The van der Waals surface area contributed by atoms with Gasteiger partial charge in [0.2, 0.25) is 0 Å². The van der Waals surface area contributed by atoms with Crippen LogP contribution in [-0.4, -0.2) is 29.3 Å². The molecule has 1 saturated heterocycles. The van der Waals surface area contributed by atoms with E-state index >= 15 is 0 Å². The molecule has 0 saturated carbocycles. The van der Waals surface area contributed by atoms with Gasteiger partial charge in [0, 0.05) is 5.69 Å². The van der Waals surface area contributed by atoms with Crippen molar-refractivity contribution in [1.29, 1.82) is 5.26 Å². The number of anilines is 1. The molecule has 1 N–H and O–H groups in total. The van der Waals surface area contributed by atoms with E-state index in [2.05, 4.69) is 0 Å². The van der Waals surface area contributed by atoms with Gasteiger partial charge >= 0.3 is 12.1 Å². The first-order chi connectivity index (χ1) is 8.54. The van der Waals surface area contributed by atoms with E-state index < -0.39 is 24.2 Å². The minimum atomic E-state index is -1.14. The molecule has 2 rings (SSSR count). The number of nitriles is 1. The Hall–Kier alpha value is -2.55. The average molecular weight is 246 g/mol. The molecule has 0 aliphatic carbocycles. The van der Waals surface area contributed by atoms with Gasteiger partial charge < -0.3 is 9.84 Å². The highest BCUT2D eigenvalue weighted by Gasteiger charge is 2.44. The van der Waals surface area contributed by atoms with Crippen LogP contribution in [0, 0.1) is 11.3 Å². The van der Waals surface area contributed by atoms with Crippen LogP contribution in [-0.2, 0) is 9.53 Å². The molecule has 2 atom stereocenters. The van der Waals surface area contributed by atoms with Crippen molar-refractivity contribution in [3.8, 4) is 6.07 Å². The van der Waals surface area contributed by atoms with Crippen molar-refractivity contribution in [1.82, 2.24) is 0 Å². The van der Waals surface area contributed by atoms with Gasteiger partial charge in [0.05, 0.1) is 11.6 Å². The highest BCUT2D eigenvalue weighted by Crippen LogP contribution is 2.27. The Bertz CT molecular complexity index is 549. The molecule has 92 valence electrons. The fourth-order valence-electron chi connectivity index (χ4n) is 1.91. The van der Waals surface area contributed by atoms with Crippen LogP contribution in [0.4, 0.5) is 10.5 Å². The maximum absolute atomic E-state index is 11.7. The summed E-state index contributed by atoms with van der Waals surface area (Å²) in [4.78, 5) is 23.9. The fourth-order valence-corrected chi connectivity index (χ4v) is 1.91. The van der Waals surface area contributed by atoms with E-state index in [1.807, 2.05) is 6.07 Å². The number of nitrogens with zero attached hydrogens (tertiary/aromatic N) is 2. The molecule has 1 amide bonds. The lowest BCUT2D eigenvalue weighted by molar-refractivity contribution is -0.139. The zero-order chi connectivity index (χ0) is 13.3. The Labute approximate surface area is 103 Å². The van der Waals surface area contributed by atoms with Gasteiger partial charge in [-0.15, -0.1) is 0 Å². The standard InChI is InChI=1S/C12H10N2O4/c1-7-10(11(15)16)14(12(17)18-7)9-4-2-3-8(5-9)6-13/h2-5,7,10H,1H3,(H,15,16). The Kier molecular flexibility index (Phi) is 2.90. The van der Waals surface area contributed by atoms with Crippen LogP contribution in [0.1, 0.15) is 12.5 Å². The van der Waals surface area contributed by atoms with E-state index in [4.69, 9.17) is 15.1 Å². The summed E-state index contributed by atoms with van der Waals surface area (Å²) in [5.41, 5.74) is 0.694. The van der Waals surface area contributed by atoms with Crippen molar-refractivity contribution in [3.05, 3.63) is 29.8 Å². The average Bonchev–Trinajstić information content (AvgIpc) is 2.64. The molecule has 0 radical (unpaired) electrons. The number of carbonyl (C=O) groups excluding carboxylic acids is 1. The van der Waals surface area contributed by atoms with Crippen molar-refractivity contribution >= 4 is 17.7 Å². The molecule has 1 fully saturated rings. The quantitative estimate of drug-likeness (QED) is 0.850. The van der Waals surface area contributed by atoms with E-state index in [-0.39, 0.29) is 0 Å². The Morgan fingerprint density at radius 1 is 1.56 bits per heavy atom. The number of benzene rings is 1. The summed E-state index contributed by atoms with van der Waals surface area (Å²) in [6, 6.07) is 7.04. The molecule has 0 aromatic heterocycles. The lowest BCUT2D eigenvalue weighted by Crippen LogP contribution is -2.42. The summed E-state index contributed by atoms with van der Waals surface area (Å²) in [5, 5.41) is 17.9. The maximum Gasteiger partial charge on any atom is 0.415 e. The van der Waals surface area contributed by atoms with Gasteiger partial charge in [-0.2, -0.15) is 5.26 Å². The number of carboxylic acids is 1. The van der Waals surface area contributed by atoms with E-state index in [1.54, 1.807) is 18.2 Å². The van der Waals surface area contributed by atoms with Crippen LogP contribution in [0.3, 0.4) is 0 Å². The van der Waals surface area contributed by atoms with Crippen molar-refractivity contribution in [2.75, 3.05) is 4.90 Å². The van der Waals surface area contributed by atoms with Gasteiger partial charge in [-0.25, -0.2) is 9.59 Å². The summed E-state index contributed by atoms with van der Waals surface area (Å²) in [6.45, 7) is 1.52. The Balaban J connectivity index is 2.44. The third-order valence-electron chi connectivity index (χ3n) is 2.71. The van der Waals surface area contributed by atoms with Crippen molar-refractivity contribution in [3.63, 3.8) is 0 Å². The number of cyclic esters (lactones) is 1. The second-order valence-corrected chi connectivity index (χ2v) is 3.90. The Morgan fingerprint density at radius 2 is 2.28 bits per heavy atom. The zero-order valence-electron chi connectivity index (χ0n) is 9.53. The largest absolute Gasteiger partial charge is 0.480 e. The van der Waals surface area contributed by atoms with Crippen molar-refractivity contribution in [2.24, 2.45) is 0 Å². The molecule has 6 heteroatoms. The highest BCUT2D eigenvalue weighted by molar-refractivity contribution is 5.98. The first-order valence-corrected chi connectivity index (χ1v) is 5.27. The van der Waals surface area contributed by atoms with Crippen LogP contribution in [0.5, 0.6) is 0 Å². The van der Waals surface area contributed by atoms with Gasteiger partial charge in [0.25, 0.3) is 0 Å². The molecule has 1 aliphatic heterocycles. The number of aliphatic carboxylic acids is 1. The first-order valence-electron chi connectivity index (χ1n) is 5.27. The van der Waals surface area contributed by atoms with Gasteiger partial charge in [0.1, 0.15) is 6.10 Å². The molecular weight excluding hydrogens is 236 g/mol. The third-order valence-corrected chi connectivity index (χ3v) is 2.71. The first kappa shape index (κ1) is 11.9. The number of amides is 1. The summed E-state index contributed by atoms with van der Waals surface area (Å²) in [5.74, 6) is -1.14. The second-order valence-electron chi connectivity index (χ2n) is 3.90. The van der Waals surface area contributed by atoms with Crippen LogP contribution in [0.15, 0.2) is 24.3 Å². The van der Waals surface area contributed by atoms with Gasteiger partial charge in [-0.05, 0) is 25.1 Å². The molecule has 1 aliphatic rings. The minimum absolute atomic E-state index is 0.343. The minimum Gasteiger partial charge on any atom is -0.480 e. The predicted octanol–water partition coefficient (Wildman–Crippen LogP) is 1.36. The zero-order valence-corrected chi connectivity index (χ0v) is 9.53. The van der Waals surface area contributed by atoms with Gasteiger partial charge in [-0.1, -0.05) is 6.07 Å². The fraction of sp³-hybridized carbons (Fsp3) is 0.250. The molecular formula is C12H10N2O4. The molecule has 0 spiro atoms. The monoisotopic (exact) mass is 246 g/mol. The molecule has 1 heterocycles. The lowest BCUT2D eigenvalue weighted by atomic mass is 10.1. The number of hydrogen-bond acceptors (Lipinski definition) is 4. The number of rotatable bonds is 2. The topological polar surface area (TPSA) is 90.6 Å². The number of carboxylic acid groups (broad SMARTS) is 1. The third kappa shape index (κ3) is 1.86. The molecule has 0 bridgehead atoms.